The van der Waals surface area contributed by atoms with Crippen molar-refractivity contribution < 1.29 is 19.0 Å². The molecule has 6 nitrogen and oxygen atoms in total. The summed E-state index contributed by atoms with van der Waals surface area (Å²) in [5, 5.41) is 3.65. The minimum Gasteiger partial charge on any atom is -0.496 e. The van der Waals surface area contributed by atoms with Crippen molar-refractivity contribution in [3.63, 3.8) is 0 Å². The first-order valence-electron chi connectivity index (χ1n) is 11.0. The molecule has 1 N–H and O–H groups in total. The molecule has 0 radical (unpaired) electrons. The minimum atomic E-state index is -0.386. The van der Waals surface area contributed by atoms with E-state index >= 15 is 0 Å². The Bertz CT molecular complexity index is 1100. The summed E-state index contributed by atoms with van der Waals surface area (Å²) in [6.45, 7) is 8.44. The maximum Gasteiger partial charge on any atom is 0.164 e. The summed E-state index contributed by atoms with van der Waals surface area (Å²) < 4.78 is 16.8. The zero-order valence-electron chi connectivity index (χ0n) is 20.0. The number of nitrogens with one attached hydrogen (secondary N) is 1. The monoisotopic (exact) mass is 436 g/mol. The topological polar surface area (TPSA) is 69.2 Å². The quantitative estimate of drug-likeness (QED) is 0.678. The maximum atomic E-state index is 13.5. The molecule has 2 atom stereocenters. The number of aryl methyl sites for hydroxylation is 2. The summed E-state index contributed by atoms with van der Waals surface area (Å²) in [5.41, 5.74) is 5.79. The molecule has 1 fully saturated rings. The van der Waals surface area contributed by atoms with E-state index in [1.54, 1.807) is 21.3 Å². The summed E-state index contributed by atoms with van der Waals surface area (Å²) in [4.78, 5) is 18.6. The van der Waals surface area contributed by atoms with E-state index in [1.807, 2.05) is 12.1 Å². The first kappa shape index (κ1) is 22.2. The summed E-state index contributed by atoms with van der Waals surface area (Å²) >= 11 is 0. The smallest absolute Gasteiger partial charge is 0.164 e. The average Bonchev–Trinajstić information content (AvgIpc) is 2.88. The standard InChI is InChI=1S/C26H32N2O4/c1-14-8-17-18(9-15(14)2)28-25(24-19(27-17)12-26(3,4)13-20(24)29)16-10-22(31-6)23(32-7)11-21(16)30-5/h8-11,24-25,28H,12-13H2,1-7H3/t24?,25-/m0/s1. The van der Waals surface area contributed by atoms with Crippen molar-refractivity contribution in [2.24, 2.45) is 16.3 Å². The van der Waals surface area contributed by atoms with Gasteiger partial charge in [-0.3, -0.25) is 9.79 Å². The number of aliphatic imine (C=N–C) groups is 1. The lowest BCUT2D eigenvalue weighted by atomic mass is 9.68. The molecule has 2 aliphatic rings. The third-order valence-electron chi connectivity index (χ3n) is 6.61. The van der Waals surface area contributed by atoms with Crippen LogP contribution < -0.4 is 19.5 Å². The lowest BCUT2D eigenvalue weighted by Crippen LogP contribution is -2.42. The van der Waals surface area contributed by atoms with Crippen LogP contribution in [0.3, 0.4) is 0 Å². The van der Waals surface area contributed by atoms with Gasteiger partial charge >= 0.3 is 0 Å². The molecule has 1 aliphatic heterocycles. The van der Waals surface area contributed by atoms with Crippen molar-refractivity contribution in [3.05, 3.63) is 41.0 Å². The van der Waals surface area contributed by atoms with Crippen LogP contribution in [-0.2, 0) is 4.79 Å². The number of methoxy groups -OCH3 is 3. The number of Topliss-reactive ketones (excluding diaryl/α,β-unsaturated/α-hetero) is 1. The fourth-order valence-corrected chi connectivity index (χ4v) is 4.89. The molecule has 1 unspecified atom stereocenters. The molecule has 4 rings (SSSR count). The maximum absolute atomic E-state index is 13.5. The van der Waals surface area contributed by atoms with E-state index in [-0.39, 0.29) is 23.2 Å². The van der Waals surface area contributed by atoms with Gasteiger partial charge in [-0.2, -0.15) is 0 Å². The lowest BCUT2D eigenvalue weighted by Gasteiger charge is -2.38. The van der Waals surface area contributed by atoms with Crippen LogP contribution in [0, 0.1) is 25.2 Å². The first-order valence-corrected chi connectivity index (χ1v) is 11.0. The molecule has 6 heteroatoms. The highest BCUT2D eigenvalue weighted by Crippen LogP contribution is 2.48. The van der Waals surface area contributed by atoms with E-state index in [1.165, 1.54) is 11.1 Å². The third-order valence-corrected chi connectivity index (χ3v) is 6.61. The van der Waals surface area contributed by atoms with Gasteiger partial charge in [0, 0.05) is 23.8 Å². The molecular formula is C26H32N2O4. The van der Waals surface area contributed by atoms with E-state index in [4.69, 9.17) is 19.2 Å². The largest absolute Gasteiger partial charge is 0.496 e. The number of ketones is 1. The van der Waals surface area contributed by atoms with Gasteiger partial charge < -0.3 is 19.5 Å². The van der Waals surface area contributed by atoms with Crippen molar-refractivity contribution in [1.29, 1.82) is 0 Å². The SMILES string of the molecule is COc1cc(OC)c([C@@H]2Nc3cc(C)c(C)cc3N=C3CC(C)(C)CC(=O)C32)cc1OC. The van der Waals surface area contributed by atoms with Gasteiger partial charge in [0.1, 0.15) is 11.5 Å². The molecule has 2 aromatic rings. The zero-order chi connectivity index (χ0) is 23.2. The first-order chi connectivity index (χ1) is 15.2. The van der Waals surface area contributed by atoms with Crippen LogP contribution in [0.15, 0.2) is 29.3 Å². The normalized spacial score (nSPS) is 21.5. The Hall–Kier alpha value is -3.02. The average molecular weight is 437 g/mol. The van der Waals surface area contributed by atoms with E-state index in [9.17, 15) is 4.79 Å². The highest BCUT2D eigenvalue weighted by atomic mass is 16.5. The molecule has 0 aromatic heterocycles. The van der Waals surface area contributed by atoms with Gasteiger partial charge in [-0.15, -0.1) is 0 Å². The van der Waals surface area contributed by atoms with Crippen LogP contribution in [0.5, 0.6) is 17.2 Å². The summed E-state index contributed by atoms with van der Waals surface area (Å²) in [6, 6.07) is 7.60. The molecule has 0 bridgehead atoms. The fraction of sp³-hybridized carbons (Fsp3) is 0.462. The number of hydrogen-bond donors (Lipinski definition) is 1. The van der Waals surface area contributed by atoms with E-state index in [2.05, 4.69) is 45.1 Å². The van der Waals surface area contributed by atoms with Gasteiger partial charge in [-0.1, -0.05) is 13.8 Å². The minimum absolute atomic E-state index is 0.122. The number of carbonyl (C=O) groups is 1. The van der Waals surface area contributed by atoms with Gasteiger partial charge in [0.05, 0.1) is 44.7 Å². The van der Waals surface area contributed by atoms with Crippen LogP contribution in [0.1, 0.15) is 49.4 Å². The van der Waals surface area contributed by atoms with Gasteiger partial charge in [-0.05, 0) is 55.0 Å². The Morgan fingerprint density at radius 1 is 0.906 bits per heavy atom. The number of hydrogen-bond acceptors (Lipinski definition) is 6. The summed E-state index contributed by atoms with van der Waals surface area (Å²) in [7, 11) is 4.83. The van der Waals surface area contributed by atoms with Crippen LogP contribution in [0.2, 0.25) is 0 Å². The number of anilines is 1. The van der Waals surface area contributed by atoms with Crippen LogP contribution in [0.25, 0.3) is 0 Å². The fourth-order valence-electron chi connectivity index (χ4n) is 4.89. The Balaban J connectivity index is 1.94. The predicted octanol–water partition coefficient (Wildman–Crippen LogP) is 5.57. The highest BCUT2D eigenvalue weighted by molar-refractivity contribution is 6.10. The van der Waals surface area contributed by atoms with Crippen molar-refractivity contribution in [3.8, 4) is 17.2 Å². The summed E-state index contributed by atoms with van der Waals surface area (Å²) in [5.74, 6) is 1.62. The molecule has 170 valence electrons. The molecule has 1 saturated carbocycles. The third kappa shape index (κ3) is 3.83. The predicted molar refractivity (Wildman–Crippen MR) is 127 cm³/mol. The Labute approximate surface area is 190 Å². The molecule has 32 heavy (non-hydrogen) atoms. The number of nitrogens with zero attached hydrogens (tertiary/aromatic N) is 1. The van der Waals surface area contributed by atoms with Crippen molar-refractivity contribution >= 4 is 22.9 Å². The second-order valence-corrected chi connectivity index (χ2v) is 9.59. The molecule has 1 heterocycles. The van der Waals surface area contributed by atoms with E-state index in [0.717, 1.165) is 29.1 Å². The molecule has 1 aliphatic carbocycles. The van der Waals surface area contributed by atoms with Crippen LogP contribution >= 0.6 is 0 Å². The van der Waals surface area contributed by atoms with Crippen LogP contribution in [0.4, 0.5) is 11.4 Å². The molecule has 0 amide bonds. The Morgan fingerprint density at radius 3 is 2.19 bits per heavy atom. The molecule has 2 aromatic carbocycles. The van der Waals surface area contributed by atoms with E-state index < -0.39 is 0 Å². The molecule has 0 spiro atoms. The second-order valence-electron chi connectivity index (χ2n) is 9.59. The van der Waals surface area contributed by atoms with Gasteiger partial charge in [0.15, 0.2) is 11.5 Å². The molecular weight excluding hydrogens is 404 g/mol. The van der Waals surface area contributed by atoms with E-state index in [0.29, 0.717) is 23.7 Å². The van der Waals surface area contributed by atoms with Gasteiger partial charge in [-0.25, -0.2) is 0 Å². The number of carbonyl (C=O) groups excluding carboxylic acids is 1. The van der Waals surface area contributed by atoms with Gasteiger partial charge in [0.2, 0.25) is 0 Å². The lowest BCUT2D eigenvalue weighted by molar-refractivity contribution is -0.124. The summed E-state index contributed by atoms with van der Waals surface area (Å²) in [6.07, 6.45) is 1.28. The number of fused-ring (bicyclic) bond motifs is 2. The van der Waals surface area contributed by atoms with Crippen molar-refractivity contribution in [2.45, 2.75) is 46.6 Å². The zero-order valence-corrected chi connectivity index (χ0v) is 20.0. The second kappa shape index (κ2) is 8.15. The Kier molecular flexibility index (Phi) is 5.65. The Morgan fingerprint density at radius 2 is 1.53 bits per heavy atom. The van der Waals surface area contributed by atoms with Gasteiger partial charge in [0.25, 0.3) is 0 Å². The molecule has 0 saturated heterocycles. The number of ether oxygens (including phenoxy) is 3. The number of benzene rings is 2. The van der Waals surface area contributed by atoms with Crippen molar-refractivity contribution in [2.75, 3.05) is 26.6 Å². The van der Waals surface area contributed by atoms with Crippen molar-refractivity contribution in [1.82, 2.24) is 0 Å². The number of rotatable bonds is 4. The highest BCUT2D eigenvalue weighted by Gasteiger charge is 2.45. The van der Waals surface area contributed by atoms with Crippen LogP contribution in [-0.4, -0.2) is 32.8 Å².